The lowest BCUT2D eigenvalue weighted by molar-refractivity contribution is 1.79. The normalized spacial score (nSPS) is 11.8. The second-order valence-electron chi connectivity index (χ2n) is 6.62. The van der Waals surface area contributed by atoms with E-state index in [9.17, 15) is 0 Å². The molecule has 0 unspecified atom stereocenters. The molecule has 0 N–H and O–H groups in total. The Hall–Kier alpha value is -2.68. The van der Waals surface area contributed by atoms with Gasteiger partial charge in [-0.05, 0) is 57.3 Å². The molecular formula is C24H14S2. The number of hydrogen-bond donors (Lipinski definition) is 0. The lowest BCUT2D eigenvalue weighted by Crippen LogP contribution is -1.83. The third-order valence-electron chi connectivity index (χ3n) is 5.13. The van der Waals surface area contributed by atoms with Crippen molar-refractivity contribution in [3.05, 3.63) is 84.2 Å². The van der Waals surface area contributed by atoms with E-state index in [1.165, 1.54) is 52.2 Å². The van der Waals surface area contributed by atoms with Crippen LogP contribution in [0.4, 0.5) is 0 Å². The maximum Gasteiger partial charge on any atom is 0.0362 e. The summed E-state index contributed by atoms with van der Waals surface area (Å²) in [5.41, 5.74) is 1.37. The van der Waals surface area contributed by atoms with E-state index >= 15 is 0 Å². The molecule has 2 heterocycles. The molecule has 0 aliphatic carbocycles. The van der Waals surface area contributed by atoms with Gasteiger partial charge in [0.25, 0.3) is 0 Å². The smallest absolute Gasteiger partial charge is 0.0362 e. The summed E-state index contributed by atoms with van der Waals surface area (Å²) >= 11 is 3.71. The van der Waals surface area contributed by atoms with Gasteiger partial charge in [-0.25, -0.2) is 0 Å². The van der Waals surface area contributed by atoms with Crippen LogP contribution in [0.5, 0.6) is 0 Å². The van der Waals surface area contributed by atoms with E-state index in [-0.39, 0.29) is 0 Å². The Kier molecular flexibility index (Phi) is 3.01. The summed E-state index contributed by atoms with van der Waals surface area (Å²) in [6.45, 7) is 0. The molecule has 6 aromatic rings. The van der Waals surface area contributed by atoms with Gasteiger partial charge in [-0.1, -0.05) is 48.5 Å². The maximum absolute atomic E-state index is 2.40. The van der Waals surface area contributed by atoms with Gasteiger partial charge in [0.2, 0.25) is 0 Å². The lowest BCUT2D eigenvalue weighted by atomic mass is 9.95. The predicted octanol–water partition coefficient (Wildman–Crippen LogP) is 8.09. The van der Waals surface area contributed by atoms with E-state index in [1.807, 2.05) is 22.7 Å². The van der Waals surface area contributed by atoms with Crippen LogP contribution in [-0.4, -0.2) is 0 Å². The summed E-state index contributed by atoms with van der Waals surface area (Å²) in [5.74, 6) is 0. The van der Waals surface area contributed by atoms with Crippen LogP contribution in [0.3, 0.4) is 0 Å². The zero-order valence-corrected chi connectivity index (χ0v) is 15.5. The first kappa shape index (κ1) is 14.5. The van der Waals surface area contributed by atoms with Gasteiger partial charge in [-0.15, -0.1) is 22.7 Å². The quantitative estimate of drug-likeness (QED) is 0.258. The molecule has 4 aromatic carbocycles. The van der Waals surface area contributed by atoms with E-state index in [0.717, 1.165) is 0 Å². The van der Waals surface area contributed by atoms with E-state index in [2.05, 4.69) is 84.2 Å². The van der Waals surface area contributed by atoms with E-state index in [1.54, 1.807) is 0 Å². The standard InChI is InChI=1S/C24H14S2/c1-2-7-17-15(6-1)12-16-13-20-18-8-3-4-9-21(18)26-23(20)14-19(16)24(17)22-10-5-11-25-22/h1-14H. The van der Waals surface area contributed by atoms with Crippen LogP contribution in [0.2, 0.25) is 0 Å². The van der Waals surface area contributed by atoms with E-state index in [0.29, 0.717) is 0 Å². The summed E-state index contributed by atoms with van der Waals surface area (Å²) in [4.78, 5) is 1.34. The fraction of sp³-hybridized carbons (Fsp3) is 0. The lowest BCUT2D eigenvalue weighted by Gasteiger charge is -2.11. The van der Waals surface area contributed by atoms with Gasteiger partial charge in [0.15, 0.2) is 0 Å². The Morgan fingerprint density at radius 3 is 2.27 bits per heavy atom. The first-order valence-corrected chi connectivity index (χ1v) is 10.4. The van der Waals surface area contributed by atoms with Gasteiger partial charge in [-0.3, -0.25) is 0 Å². The molecule has 2 heteroatoms. The van der Waals surface area contributed by atoms with Crippen molar-refractivity contribution in [2.45, 2.75) is 0 Å². The van der Waals surface area contributed by atoms with Gasteiger partial charge >= 0.3 is 0 Å². The van der Waals surface area contributed by atoms with Crippen molar-refractivity contribution < 1.29 is 0 Å². The second kappa shape index (κ2) is 5.41. The van der Waals surface area contributed by atoms with Crippen molar-refractivity contribution in [2.24, 2.45) is 0 Å². The third kappa shape index (κ3) is 2.00. The highest BCUT2D eigenvalue weighted by Crippen LogP contribution is 2.42. The zero-order chi connectivity index (χ0) is 17.1. The van der Waals surface area contributed by atoms with Crippen molar-refractivity contribution >= 4 is 64.4 Å². The van der Waals surface area contributed by atoms with Crippen LogP contribution in [0.25, 0.3) is 52.2 Å². The molecule has 0 nitrogen and oxygen atoms in total. The van der Waals surface area contributed by atoms with Gasteiger partial charge in [-0.2, -0.15) is 0 Å². The van der Waals surface area contributed by atoms with Crippen molar-refractivity contribution in [3.8, 4) is 10.4 Å². The van der Waals surface area contributed by atoms with Crippen LogP contribution in [0.15, 0.2) is 84.2 Å². The predicted molar refractivity (Wildman–Crippen MR) is 118 cm³/mol. The van der Waals surface area contributed by atoms with E-state index < -0.39 is 0 Å². The van der Waals surface area contributed by atoms with Crippen LogP contribution in [0, 0.1) is 0 Å². The molecule has 0 saturated carbocycles. The van der Waals surface area contributed by atoms with Crippen molar-refractivity contribution in [2.75, 3.05) is 0 Å². The molecule has 0 saturated heterocycles. The molecule has 0 aliphatic heterocycles. The Balaban J connectivity index is 1.86. The molecule has 0 radical (unpaired) electrons. The zero-order valence-electron chi connectivity index (χ0n) is 13.9. The maximum atomic E-state index is 2.40. The summed E-state index contributed by atoms with van der Waals surface area (Å²) in [6, 6.07) is 29.0. The number of thiophene rings is 2. The molecule has 26 heavy (non-hydrogen) atoms. The van der Waals surface area contributed by atoms with Gasteiger partial charge < -0.3 is 0 Å². The number of hydrogen-bond acceptors (Lipinski definition) is 2. The monoisotopic (exact) mass is 366 g/mol. The van der Waals surface area contributed by atoms with Crippen molar-refractivity contribution in [1.29, 1.82) is 0 Å². The molecule has 0 aliphatic rings. The molecule has 0 atom stereocenters. The van der Waals surface area contributed by atoms with Gasteiger partial charge in [0.05, 0.1) is 0 Å². The SMILES string of the molecule is c1csc(-c2c3ccccc3cc3cc4c(cc23)sc2ccccc24)c1. The Morgan fingerprint density at radius 2 is 1.38 bits per heavy atom. The Bertz CT molecular complexity index is 1420. The van der Waals surface area contributed by atoms with Gasteiger partial charge in [0.1, 0.15) is 0 Å². The van der Waals surface area contributed by atoms with E-state index in [4.69, 9.17) is 0 Å². The molecule has 0 fully saturated rings. The largest absolute Gasteiger partial charge is 0.144 e. The molecule has 0 spiro atoms. The average Bonchev–Trinajstić information content (AvgIpc) is 3.32. The number of rotatable bonds is 1. The minimum absolute atomic E-state index is 1.31. The van der Waals surface area contributed by atoms with Crippen LogP contribution in [0.1, 0.15) is 0 Å². The molecule has 0 bridgehead atoms. The fourth-order valence-electron chi connectivity index (χ4n) is 3.97. The van der Waals surface area contributed by atoms with Crippen LogP contribution >= 0.6 is 22.7 Å². The van der Waals surface area contributed by atoms with Crippen molar-refractivity contribution in [1.82, 2.24) is 0 Å². The highest BCUT2D eigenvalue weighted by molar-refractivity contribution is 7.25. The molecule has 2 aromatic heterocycles. The Morgan fingerprint density at radius 1 is 0.538 bits per heavy atom. The Labute approximate surface area is 158 Å². The highest BCUT2D eigenvalue weighted by atomic mass is 32.1. The van der Waals surface area contributed by atoms with Gasteiger partial charge in [0, 0.05) is 30.6 Å². The number of fused-ring (bicyclic) bond motifs is 5. The fourth-order valence-corrected chi connectivity index (χ4v) is 5.90. The molecule has 0 amide bonds. The molecular weight excluding hydrogens is 352 g/mol. The van der Waals surface area contributed by atoms with Crippen LogP contribution in [-0.2, 0) is 0 Å². The summed E-state index contributed by atoms with van der Waals surface area (Å²) in [6.07, 6.45) is 0. The topological polar surface area (TPSA) is 0 Å². The minimum Gasteiger partial charge on any atom is -0.144 e. The van der Waals surface area contributed by atoms with Crippen molar-refractivity contribution in [3.63, 3.8) is 0 Å². The first-order valence-electron chi connectivity index (χ1n) is 8.69. The summed E-state index contributed by atoms with van der Waals surface area (Å²) in [5, 5.41) is 10.2. The number of benzene rings is 4. The minimum atomic E-state index is 1.31. The second-order valence-corrected chi connectivity index (χ2v) is 8.65. The average molecular weight is 367 g/mol. The molecule has 6 rings (SSSR count). The van der Waals surface area contributed by atoms with Crippen LogP contribution < -0.4 is 0 Å². The highest BCUT2D eigenvalue weighted by Gasteiger charge is 2.13. The first-order chi connectivity index (χ1) is 12.9. The molecule has 122 valence electrons. The third-order valence-corrected chi connectivity index (χ3v) is 7.15. The summed E-state index contributed by atoms with van der Waals surface area (Å²) in [7, 11) is 0. The summed E-state index contributed by atoms with van der Waals surface area (Å²) < 4.78 is 2.73.